The number of rotatable bonds is 6. The fourth-order valence-electron chi connectivity index (χ4n) is 2.27. The number of nitrogens with two attached hydrogens (primary N) is 1. The molecule has 2 rings (SSSR count). The van der Waals surface area contributed by atoms with Crippen LogP contribution in [0.25, 0.3) is 0 Å². The smallest absolute Gasteiger partial charge is 0.263 e. The minimum atomic E-state index is -0.461. The topological polar surface area (TPSA) is 73.6 Å². The zero-order chi connectivity index (χ0) is 14.4. The van der Waals surface area contributed by atoms with E-state index in [4.69, 9.17) is 15.3 Å². The molecule has 1 aromatic carbocycles. The molecular formula is C15H20N2O3. The van der Waals surface area contributed by atoms with Crippen molar-refractivity contribution >= 4 is 5.91 Å². The van der Waals surface area contributed by atoms with E-state index in [0.717, 1.165) is 24.2 Å². The number of para-hydroxylation sites is 1. The number of amides is 1. The summed E-state index contributed by atoms with van der Waals surface area (Å²) < 4.78 is 11.4. The first-order valence-electron chi connectivity index (χ1n) is 6.72. The molecule has 0 aliphatic carbocycles. The first-order chi connectivity index (χ1) is 9.74. The maximum atomic E-state index is 11.4. The molecule has 1 aliphatic rings. The summed E-state index contributed by atoms with van der Waals surface area (Å²) in [5, 5.41) is 0. The van der Waals surface area contributed by atoms with Crippen LogP contribution in [0.1, 0.15) is 18.4 Å². The van der Waals surface area contributed by atoms with E-state index in [1.807, 2.05) is 30.3 Å². The minimum Gasteiger partial charge on any atom is -0.491 e. The van der Waals surface area contributed by atoms with Gasteiger partial charge in [-0.25, -0.2) is 5.84 Å². The number of benzene rings is 1. The van der Waals surface area contributed by atoms with E-state index in [1.54, 1.807) is 0 Å². The highest BCUT2D eigenvalue weighted by Crippen LogP contribution is 2.23. The highest BCUT2D eigenvalue weighted by molar-refractivity contribution is 5.80. The van der Waals surface area contributed by atoms with Crippen LogP contribution >= 0.6 is 0 Å². The third-order valence-electron chi connectivity index (χ3n) is 3.30. The van der Waals surface area contributed by atoms with Gasteiger partial charge in [-0.1, -0.05) is 24.3 Å². The first-order valence-corrected chi connectivity index (χ1v) is 6.72. The second-order valence-electron chi connectivity index (χ2n) is 4.74. The Bertz CT molecular complexity index is 476. The van der Waals surface area contributed by atoms with E-state index in [1.165, 1.54) is 0 Å². The van der Waals surface area contributed by atoms with Crippen molar-refractivity contribution in [1.29, 1.82) is 0 Å². The first kappa shape index (κ1) is 14.6. The second-order valence-corrected chi connectivity index (χ2v) is 4.74. The van der Waals surface area contributed by atoms with Crippen LogP contribution in [-0.2, 0) is 16.0 Å². The molecule has 0 aromatic heterocycles. The molecule has 1 saturated heterocycles. The molecule has 20 heavy (non-hydrogen) atoms. The van der Waals surface area contributed by atoms with Crippen molar-refractivity contribution in [1.82, 2.24) is 5.43 Å². The number of hydrogen-bond donors (Lipinski definition) is 2. The van der Waals surface area contributed by atoms with Crippen LogP contribution in [-0.4, -0.2) is 24.7 Å². The zero-order valence-electron chi connectivity index (χ0n) is 11.4. The van der Waals surface area contributed by atoms with Crippen molar-refractivity contribution in [3.63, 3.8) is 0 Å². The Morgan fingerprint density at radius 1 is 1.50 bits per heavy atom. The SMILES string of the molecule is C=CCc1ccccc1OCC1CCC(C(=O)NN)O1. The summed E-state index contributed by atoms with van der Waals surface area (Å²) >= 11 is 0. The highest BCUT2D eigenvalue weighted by Gasteiger charge is 2.30. The Hall–Kier alpha value is -1.85. The monoisotopic (exact) mass is 276 g/mol. The Kier molecular flexibility index (Phi) is 5.15. The van der Waals surface area contributed by atoms with Crippen molar-refractivity contribution in [2.45, 2.75) is 31.5 Å². The van der Waals surface area contributed by atoms with Gasteiger partial charge in [0.05, 0.1) is 6.10 Å². The normalized spacial score (nSPS) is 21.4. The molecule has 1 amide bonds. The Morgan fingerprint density at radius 2 is 2.30 bits per heavy atom. The molecule has 2 atom stereocenters. The number of allylic oxidation sites excluding steroid dienone is 1. The van der Waals surface area contributed by atoms with Gasteiger partial charge in [0.15, 0.2) is 0 Å². The number of ether oxygens (including phenoxy) is 2. The van der Waals surface area contributed by atoms with Crippen LogP contribution in [0, 0.1) is 0 Å². The molecule has 0 spiro atoms. The van der Waals surface area contributed by atoms with Crippen LogP contribution in [0.15, 0.2) is 36.9 Å². The van der Waals surface area contributed by atoms with Gasteiger partial charge < -0.3 is 9.47 Å². The lowest BCUT2D eigenvalue weighted by Crippen LogP contribution is -2.39. The molecular weight excluding hydrogens is 256 g/mol. The van der Waals surface area contributed by atoms with Crippen LogP contribution < -0.4 is 16.0 Å². The predicted octanol–water partition coefficient (Wildman–Crippen LogP) is 1.33. The molecule has 5 heteroatoms. The average Bonchev–Trinajstić information content (AvgIpc) is 2.95. The van der Waals surface area contributed by atoms with Gasteiger partial charge in [0.1, 0.15) is 18.5 Å². The third-order valence-corrected chi connectivity index (χ3v) is 3.30. The van der Waals surface area contributed by atoms with Gasteiger partial charge in [-0.15, -0.1) is 6.58 Å². The summed E-state index contributed by atoms with van der Waals surface area (Å²) in [6.45, 7) is 4.17. The largest absolute Gasteiger partial charge is 0.491 e. The molecule has 0 bridgehead atoms. The minimum absolute atomic E-state index is 0.0749. The van der Waals surface area contributed by atoms with Crippen molar-refractivity contribution in [2.75, 3.05) is 6.61 Å². The van der Waals surface area contributed by atoms with E-state index in [-0.39, 0.29) is 12.0 Å². The molecule has 2 unspecified atom stereocenters. The van der Waals surface area contributed by atoms with Gasteiger partial charge in [-0.3, -0.25) is 10.2 Å². The maximum absolute atomic E-state index is 11.4. The van der Waals surface area contributed by atoms with Crippen molar-refractivity contribution in [3.8, 4) is 5.75 Å². The summed E-state index contributed by atoms with van der Waals surface area (Å²) in [6, 6.07) is 7.84. The fraction of sp³-hybridized carbons (Fsp3) is 0.400. The molecule has 0 saturated carbocycles. The van der Waals surface area contributed by atoms with Gasteiger partial charge in [-0.2, -0.15) is 0 Å². The Morgan fingerprint density at radius 3 is 3.05 bits per heavy atom. The average molecular weight is 276 g/mol. The van der Waals surface area contributed by atoms with Gasteiger partial charge in [-0.05, 0) is 30.9 Å². The summed E-state index contributed by atoms with van der Waals surface area (Å²) in [7, 11) is 0. The quantitative estimate of drug-likeness (QED) is 0.356. The van der Waals surface area contributed by atoms with E-state index in [0.29, 0.717) is 13.0 Å². The lowest BCUT2D eigenvalue weighted by molar-refractivity contribution is -0.132. The Balaban J connectivity index is 1.87. The summed E-state index contributed by atoms with van der Waals surface area (Å²) in [5.74, 6) is 5.65. The zero-order valence-corrected chi connectivity index (χ0v) is 11.4. The van der Waals surface area contributed by atoms with E-state index in [9.17, 15) is 4.79 Å². The molecule has 5 nitrogen and oxygen atoms in total. The molecule has 1 fully saturated rings. The maximum Gasteiger partial charge on any atom is 0.263 e. The van der Waals surface area contributed by atoms with E-state index < -0.39 is 6.10 Å². The molecule has 1 heterocycles. The van der Waals surface area contributed by atoms with E-state index in [2.05, 4.69) is 12.0 Å². The summed E-state index contributed by atoms with van der Waals surface area (Å²) in [4.78, 5) is 11.4. The lowest BCUT2D eigenvalue weighted by atomic mass is 10.1. The highest BCUT2D eigenvalue weighted by atomic mass is 16.5. The number of hydrogen-bond acceptors (Lipinski definition) is 4. The second kappa shape index (κ2) is 7.07. The number of carbonyl (C=O) groups excluding carboxylic acids is 1. The summed E-state index contributed by atoms with van der Waals surface area (Å²) in [5.41, 5.74) is 3.21. The number of carbonyl (C=O) groups is 1. The molecule has 108 valence electrons. The van der Waals surface area contributed by atoms with E-state index >= 15 is 0 Å². The fourth-order valence-corrected chi connectivity index (χ4v) is 2.27. The van der Waals surface area contributed by atoms with Crippen molar-refractivity contribution < 1.29 is 14.3 Å². The molecule has 1 aromatic rings. The third kappa shape index (κ3) is 3.59. The van der Waals surface area contributed by atoms with Gasteiger partial charge in [0, 0.05) is 0 Å². The van der Waals surface area contributed by atoms with Crippen molar-refractivity contribution in [2.24, 2.45) is 5.84 Å². The van der Waals surface area contributed by atoms with Gasteiger partial charge >= 0.3 is 0 Å². The summed E-state index contributed by atoms with van der Waals surface area (Å²) in [6.07, 6.45) is 3.54. The van der Waals surface area contributed by atoms with Crippen molar-refractivity contribution in [3.05, 3.63) is 42.5 Å². The lowest BCUT2D eigenvalue weighted by Gasteiger charge is -2.15. The molecule has 3 N–H and O–H groups in total. The van der Waals surface area contributed by atoms with Crippen LogP contribution in [0.2, 0.25) is 0 Å². The number of hydrazine groups is 1. The molecule has 0 radical (unpaired) electrons. The molecule has 1 aliphatic heterocycles. The standard InChI is InChI=1S/C15H20N2O3/c1-2-5-11-6-3-4-7-13(11)19-10-12-8-9-14(20-12)15(18)17-16/h2-4,6-7,12,14H,1,5,8-10,16H2,(H,17,18). The van der Waals surface area contributed by atoms with Crippen LogP contribution in [0.5, 0.6) is 5.75 Å². The van der Waals surface area contributed by atoms with Gasteiger partial charge in [0.2, 0.25) is 0 Å². The Labute approximate surface area is 118 Å². The van der Waals surface area contributed by atoms with Crippen LogP contribution in [0.3, 0.4) is 0 Å². The predicted molar refractivity (Wildman–Crippen MR) is 76.1 cm³/mol. The number of nitrogens with one attached hydrogen (secondary N) is 1. The van der Waals surface area contributed by atoms with Crippen LogP contribution in [0.4, 0.5) is 0 Å². The van der Waals surface area contributed by atoms with Gasteiger partial charge in [0.25, 0.3) is 5.91 Å².